The van der Waals surface area contributed by atoms with Gasteiger partial charge in [0.05, 0.1) is 0 Å². The maximum absolute atomic E-state index is 9.89. The number of rotatable bonds is 1. The van der Waals surface area contributed by atoms with Gasteiger partial charge in [-0.2, -0.15) is 0 Å². The molecule has 0 aliphatic heterocycles. The summed E-state index contributed by atoms with van der Waals surface area (Å²) < 4.78 is -0.174. The van der Waals surface area contributed by atoms with Crippen LogP contribution >= 0.6 is 0 Å². The molecule has 2 N–H and O–H groups in total. The Morgan fingerprint density at radius 2 is 1.50 bits per heavy atom. The van der Waals surface area contributed by atoms with Crippen molar-refractivity contribution < 1.29 is 4.59 Å². The second-order valence-electron chi connectivity index (χ2n) is 2.54. The third-order valence-corrected chi connectivity index (χ3v) is 1.64. The van der Waals surface area contributed by atoms with E-state index in [1.54, 1.807) is 19.6 Å². The molecule has 0 aromatic rings. The molecule has 0 aliphatic carbocycles. The molecule has 0 amide bonds. The topological polar surface area (TPSA) is 105 Å². The van der Waals surface area contributed by atoms with Gasteiger partial charge in [0, 0.05) is 0 Å². The maximum Gasteiger partial charge on any atom is 0.416 e. The summed E-state index contributed by atoms with van der Waals surface area (Å²) in [4.78, 5) is 11.9. The van der Waals surface area contributed by atoms with E-state index < -0.39 is 8.24 Å². The van der Waals surface area contributed by atoms with Crippen molar-refractivity contribution in [2.45, 2.75) is 19.6 Å². The van der Waals surface area contributed by atoms with E-state index in [-0.39, 0.29) is 4.59 Å². The number of hydrogen-bond acceptors (Lipinski definition) is 4. The van der Waals surface area contributed by atoms with Gasteiger partial charge in [-0.15, -0.1) is 0 Å². The van der Waals surface area contributed by atoms with Crippen LogP contribution in [-0.4, -0.2) is 12.8 Å². The quantitative estimate of drug-likeness (QED) is 0.199. The van der Waals surface area contributed by atoms with E-state index in [2.05, 4.69) is 0 Å². The van der Waals surface area contributed by atoms with Gasteiger partial charge in [-0.3, -0.25) is 10.1 Å². The van der Waals surface area contributed by atoms with Crippen molar-refractivity contribution in [3.05, 3.63) is 10.1 Å². The molecule has 0 rings (SSSR count). The van der Waals surface area contributed by atoms with Crippen molar-refractivity contribution in [3.63, 3.8) is 0 Å². The highest BCUT2D eigenvalue weighted by molar-refractivity contribution is 6.68. The van der Waals surface area contributed by atoms with Crippen molar-refractivity contribution in [2.75, 3.05) is 0 Å². The van der Waals surface area contributed by atoms with Gasteiger partial charge >= 0.3 is 8.24 Å². The predicted octanol–water partition coefficient (Wildman–Crippen LogP) is 1.21. The summed E-state index contributed by atoms with van der Waals surface area (Å²) in [7, 11) is -2.01. The average molecular weight is 163 g/mol. The summed E-state index contributed by atoms with van der Waals surface area (Å²) >= 11 is 0. The van der Waals surface area contributed by atoms with Crippen molar-refractivity contribution >= 4 is 8.24 Å². The minimum Gasteiger partial charge on any atom is -0.289 e. The molecular weight excluding hydrogens is 152 g/mol. The molecule has 0 aromatic carbocycles. The number of nitro groups is 1. The Labute approximate surface area is 59.5 Å². The lowest BCUT2D eigenvalue weighted by Crippen LogP contribution is -2.31. The van der Waals surface area contributed by atoms with Gasteiger partial charge in [0.15, 0.2) is 0 Å². The zero-order chi connectivity index (χ0) is 8.78. The standard InChI is InChI=1S/C3H9NO2Si.H2N3/c1-7(2,3)4(5)6;1-3-2/h1-3H3;1-2H/q;+1. The Hall–Kier alpha value is -1.07. The first-order valence-electron chi connectivity index (χ1n) is 2.54. The van der Waals surface area contributed by atoms with E-state index in [0.717, 1.165) is 0 Å². The molecule has 0 bridgehead atoms. The first-order valence-corrected chi connectivity index (χ1v) is 5.98. The van der Waals surface area contributed by atoms with Crippen LogP contribution in [0.1, 0.15) is 0 Å². The summed E-state index contributed by atoms with van der Waals surface area (Å²) in [5, 5.41) is 9.89. The Morgan fingerprint density at radius 3 is 1.50 bits per heavy atom. The zero-order valence-electron chi connectivity index (χ0n) is 6.21. The lowest BCUT2D eigenvalue weighted by Gasteiger charge is -2.01. The maximum atomic E-state index is 9.89. The summed E-state index contributed by atoms with van der Waals surface area (Å²) in [5.41, 5.74) is 11.0. The minimum absolute atomic E-state index is 0.174. The fourth-order valence-corrected chi connectivity index (χ4v) is 0. The third kappa shape index (κ3) is 10.0. The van der Waals surface area contributed by atoms with E-state index in [1.165, 1.54) is 0 Å². The normalized spacial score (nSPS) is 8.70. The highest BCUT2D eigenvalue weighted by Crippen LogP contribution is 1.98. The first-order chi connectivity index (χ1) is 4.36. The van der Waals surface area contributed by atoms with Crippen LogP contribution < -0.4 is 4.91 Å². The fourth-order valence-electron chi connectivity index (χ4n) is 0. The summed E-state index contributed by atoms with van der Waals surface area (Å²) in [6, 6.07) is 0. The van der Waals surface area contributed by atoms with Crippen LogP contribution in [0.5, 0.6) is 0 Å². The van der Waals surface area contributed by atoms with Crippen LogP contribution in [0.4, 0.5) is 0 Å². The molecule has 0 aromatic heterocycles. The van der Waals surface area contributed by atoms with Crippen LogP contribution in [-0.2, 0) is 0 Å². The van der Waals surface area contributed by atoms with Gasteiger partial charge in [-0.25, -0.2) is 0 Å². The SMILES string of the molecule is C[Si](C)(C)[N+](=O)[O-].N=[N+]=N. The summed E-state index contributed by atoms with van der Waals surface area (Å²) in [5.74, 6) is 0. The second-order valence-corrected chi connectivity index (χ2v) is 7.25. The monoisotopic (exact) mass is 163 g/mol. The molecular formula is C3H11N4O2Si+. The molecule has 0 atom stereocenters. The minimum atomic E-state index is -2.01. The molecule has 0 saturated carbocycles. The van der Waals surface area contributed by atoms with E-state index in [0.29, 0.717) is 0 Å². The Balaban J connectivity index is 0. The van der Waals surface area contributed by atoms with Gasteiger partial charge in [-0.05, 0) is 19.6 Å². The molecule has 10 heavy (non-hydrogen) atoms. The second kappa shape index (κ2) is 4.77. The van der Waals surface area contributed by atoms with E-state index in [1.807, 2.05) is 4.91 Å². The van der Waals surface area contributed by atoms with E-state index in [9.17, 15) is 10.1 Å². The lowest BCUT2D eigenvalue weighted by atomic mass is 11.8. The van der Waals surface area contributed by atoms with Crippen molar-refractivity contribution in [2.24, 2.45) is 0 Å². The van der Waals surface area contributed by atoms with Gasteiger partial charge in [0.2, 0.25) is 4.91 Å². The smallest absolute Gasteiger partial charge is 0.289 e. The number of nitrogens with zero attached hydrogens (tertiary/aromatic N) is 2. The Morgan fingerprint density at radius 1 is 1.40 bits per heavy atom. The largest absolute Gasteiger partial charge is 0.416 e. The van der Waals surface area contributed by atoms with Crippen molar-refractivity contribution in [1.82, 2.24) is 4.91 Å². The number of nitrogens with one attached hydrogen (secondary N) is 2. The molecule has 0 unspecified atom stereocenters. The van der Waals surface area contributed by atoms with Crippen molar-refractivity contribution in [1.29, 1.82) is 11.1 Å². The van der Waals surface area contributed by atoms with Crippen molar-refractivity contribution in [3.8, 4) is 0 Å². The molecule has 58 valence electrons. The average Bonchev–Trinajstić information content (AvgIpc) is 1.64. The Bertz CT molecular complexity index is 145. The third-order valence-electron chi connectivity index (χ3n) is 0.548. The number of hydrogen-bond donors (Lipinski definition) is 2. The molecule has 0 aliphatic rings. The first kappa shape index (κ1) is 11.7. The molecule has 7 heteroatoms. The summed E-state index contributed by atoms with van der Waals surface area (Å²) in [6.07, 6.45) is 0. The van der Waals surface area contributed by atoms with Crippen LogP contribution in [0.25, 0.3) is 0 Å². The van der Waals surface area contributed by atoms with Gasteiger partial charge in [0.1, 0.15) is 11.1 Å². The van der Waals surface area contributed by atoms with Gasteiger partial charge < -0.3 is 0 Å². The summed E-state index contributed by atoms with van der Waals surface area (Å²) in [6.45, 7) is 5.10. The van der Waals surface area contributed by atoms with E-state index in [4.69, 9.17) is 11.1 Å². The predicted molar refractivity (Wildman–Crippen MR) is 37.9 cm³/mol. The van der Waals surface area contributed by atoms with Gasteiger partial charge in [0.25, 0.3) is 0 Å². The molecule has 0 heterocycles. The van der Waals surface area contributed by atoms with E-state index >= 15 is 0 Å². The molecule has 0 radical (unpaired) electrons. The van der Waals surface area contributed by atoms with Crippen LogP contribution in [0.3, 0.4) is 0 Å². The molecule has 0 spiro atoms. The highest BCUT2D eigenvalue weighted by Gasteiger charge is 2.29. The molecule has 0 saturated heterocycles. The van der Waals surface area contributed by atoms with Gasteiger partial charge in [-0.1, -0.05) is 4.59 Å². The highest BCUT2D eigenvalue weighted by atomic mass is 28.3. The lowest BCUT2D eigenvalue weighted by molar-refractivity contribution is -0.340. The van der Waals surface area contributed by atoms with Crippen LogP contribution in [0.15, 0.2) is 0 Å². The van der Waals surface area contributed by atoms with Crippen LogP contribution in [0.2, 0.25) is 19.6 Å². The zero-order valence-corrected chi connectivity index (χ0v) is 7.21. The molecule has 0 fully saturated rings. The van der Waals surface area contributed by atoms with Crippen LogP contribution in [0, 0.1) is 21.2 Å². The fraction of sp³-hybridized carbons (Fsp3) is 1.00. The Kier molecular flexibility index (Phi) is 5.58. The molecule has 6 nitrogen and oxygen atoms in total.